The van der Waals surface area contributed by atoms with Crippen LogP contribution in [0.4, 0.5) is 0 Å². The van der Waals surface area contributed by atoms with Crippen LogP contribution in [0.25, 0.3) is 22.2 Å². The number of aromatic hydroxyl groups is 1. The lowest BCUT2D eigenvalue weighted by Gasteiger charge is -2.15. The number of hydrogen-bond acceptors (Lipinski definition) is 4. The molecule has 2 aromatic heterocycles. The lowest BCUT2D eigenvalue weighted by molar-refractivity contribution is 0.0595. The maximum atomic E-state index is 12.4. The van der Waals surface area contributed by atoms with Gasteiger partial charge in [-0.25, -0.2) is 4.79 Å². The summed E-state index contributed by atoms with van der Waals surface area (Å²) in [5, 5.41) is 11.6. The molecule has 6 heteroatoms. The number of nitrogens with one attached hydrogen (secondary N) is 1. The van der Waals surface area contributed by atoms with Crippen molar-refractivity contribution in [1.82, 2.24) is 9.55 Å². The summed E-state index contributed by atoms with van der Waals surface area (Å²) in [6, 6.07) is 5.90. The predicted octanol–water partition coefficient (Wildman–Crippen LogP) is 2.90. The summed E-state index contributed by atoms with van der Waals surface area (Å²) >= 11 is 0. The van der Waals surface area contributed by atoms with Crippen molar-refractivity contribution in [2.24, 2.45) is 7.05 Å². The second kappa shape index (κ2) is 6.12. The Kier molecular flexibility index (Phi) is 4.12. The Morgan fingerprint density at radius 2 is 2.04 bits per heavy atom. The second-order valence-electron chi connectivity index (χ2n) is 5.97. The van der Waals surface area contributed by atoms with Gasteiger partial charge in [0.05, 0.1) is 12.8 Å². The minimum absolute atomic E-state index is 0.319. The van der Waals surface area contributed by atoms with Gasteiger partial charge in [0.15, 0.2) is 5.56 Å². The third-order valence-electron chi connectivity index (χ3n) is 4.64. The summed E-state index contributed by atoms with van der Waals surface area (Å²) < 4.78 is 6.63. The summed E-state index contributed by atoms with van der Waals surface area (Å²) in [5.41, 5.74) is 2.91. The van der Waals surface area contributed by atoms with Gasteiger partial charge in [0.2, 0.25) is 0 Å². The second-order valence-corrected chi connectivity index (χ2v) is 5.97. The van der Waals surface area contributed by atoms with E-state index in [-0.39, 0.29) is 11.3 Å². The lowest BCUT2D eigenvalue weighted by atomic mass is 9.95. The van der Waals surface area contributed by atoms with Gasteiger partial charge in [-0.05, 0) is 31.0 Å². The summed E-state index contributed by atoms with van der Waals surface area (Å²) in [4.78, 5) is 26.9. The zero-order valence-electron chi connectivity index (χ0n) is 14.6. The number of aryl methyl sites for hydroxylation is 2. The fourth-order valence-electron chi connectivity index (χ4n) is 3.26. The van der Waals surface area contributed by atoms with Gasteiger partial charge in [-0.2, -0.15) is 0 Å². The molecule has 0 spiro atoms. The summed E-state index contributed by atoms with van der Waals surface area (Å²) in [5.74, 6) is -1.17. The molecule has 0 atom stereocenters. The molecule has 0 fully saturated rings. The van der Waals surface area contributed by atoms with Crippen molar-refractivity contribution in [3.8, 4) is 17.0 Å². The lowest BCUT2D eigenvalue weighted by Crippen LogP contribution is -2.21. The molecule has 0 saturated heterocycles. The smallest absolute Gasteiger partial charge is 0.347 e. The highest BCUT2D eigenvalue weighted by atomic mass is 16.5. The average Bonchev–Trinajstić information content (AvgIpc) is 2.96. The van der Waals surface area contributed by atoms with Gasteiger partial charge >= 0.3 is 5.97 Å². The van der Waals surface area contributed by atoms with Crippen LogP contribution in [0.3, 0.4) is 0 Å². The number of esters is 1. The minimum atomic E-state index is -0.852. The Morgan fingerprint density at radius 1 is 1.32 bits per heavy atom. The number of carbonyl (C=O) groups excluding carboxylic acids is 1. The Balaban J connectivity index is 2.33. The van der Waals surface area contributed by atoms with E-state index in [2.05, 4.69) is 9.72 Å². The molecule has 0 unspecified atom stereocenters. The normalized spacial score (nSPS) is 11.0. The molecule has 2 N–H and O–H groups in total. The number of fused-ring (bicyclic) bond motifs is 1. The van der Waals surface area contributed by atoms with Crippen LogP contribution in [0.2, 0.25) is 0 Å². The van der Waals surface area contributed by atoms with Crippen molar-refractivity contribution >= 4 is 16.9 Å². The minimum Gasteiger partial charge on any atom is -0.506 e. The molecule has 0 aliphatic rings. The number of ether oxygens (including phenoxy) is 1. The monoisotopic (exact) mass is 340 g/mol. The number of nitrogens with zero attached hydrogens (tertiary/aromatic N) is 1. The van der Waals surface area contributed by atoms with Crippen molar-refractivity contribution in [3.63, 3.8) is 0 Å². The van der Waals surface area contributed by atoms with Crippen LogP contribution in [0.1, 0.15) is 28.4 Å². The van der Waals surface area contributed by atoms with Crippen molar-refractivity contribution in [1.29, 1.82) is 0 Å². The molecule has 1 aromatic carbocycles. The first kappa shape index (κ1) is 16.8. The van der Waals surface area contributed by atoms with Gasteiger partial charge in [-0.1, -0.05) is 13.0 Å². The van der Waals surface area contributed by atoms with Crippen molar-refractivity contribution in [3.05, 3.63) is 51.4 Å². The fourth-order valence-corrected chi connectivity index (χ4v) is 3.26. The number of rotatable bonds is 3. The van der Waals surface area contributed by atoms with Crippen LogP contribution in [-0.2, 0) is 18.2 Å². The van der Waals surface area contributed by atoms with Gasteiger partial charge in [0, 0.05) is 35.3 Å². The molecule has 130 valence electrons. The van der Waals surface area contributed by atoms with E-state index < -0.39 is 11.5 Å². The molecule has 25 heavy (non-hydrogen) atoms. The quantitative estimate of drug-likeness (QED) is 0.718. The van der Waals surface area contributed by atoms with Gasteiger partial charge in [-0.3, -0.25) is 4.79 Å². The maximum Gasteiger partial charge on any atom is 0.347 e. The SMILES string of the molecule is CCc1c(-c2ccc3c(ccn3C)c2C)[nH]c(=O)c(C(=O)OC)c1O. The van der Waals surface area contributed by atoms with Crippen LogP contribution in [0, 0.1) is 6.92 Å². The molecule has 3 aromatic rings. The van der Waals surface area contributed by atoms with E-state index in [1.54, 1.807) is 0 Å². The molecule has 6 nitrogen and oxygen atoms in total. The molecule has 0 aliphatic carbocycles. The standard InChI is InChI=1S/C19H20N2O4/c1-5-11-16(20-18(23)15(17(11)22)19(24)25-4)13-6-7-14-12(10(13)2)8-9-21(14)3/h6-9H,5H2,1-4H3,(H2,20,22,23). The number of aromatic amines is 1. The molecule has 0 amide bonds. The molecule has 3 rings (SSSR count). The molecule has 0 aliphatic heterocycles. The van der Waals surface area contributed by atoms with Crippen molar-refractivity contribution in [2.75, 3.05) is 7.11 Å². The Hall–Kier alpha value is -3.02. The average molecular weight is 340 g/mol. The Morgan fingerprint density at radius 3 is 2.68 bits per heavy atom. The molecule has 2 heterocycles. The fraction of sp³-hybridized carbons (Fsp3) is 0.263. The van der Waals surface area contributed by atoms with E-state index in [0.717, 1.165) is 22.0 Å². The van der Waals surface area contributed by atoms with E-state index in [1.807, 2.05) is 49.9 Å². The molecule has 0 bridgehead atoms. The van der Waals surface area contributed by atoms with Crippen LogP contribution >= 0.6 is 0 Å². The van der Waals surface area contributed by atoms with E-state index in [1.165, 1.54) is 7.11 Å². The van der Waals surface area contributed by atoms with Gasteiger partial charge < -0.3 is 19.4 Å². The number of pyridine rings is 1. The number of benzene rings is 1. The Labute approximate surface area is 144 Å². The molecule has 0 saturated carbocycles. The van der Waals surface area contributed by atoms with Gasteiger partial charge in [0.25, 0.3) is 5.56 Å². The van der Waals surface area contributed by atoms with Crippen molar-refractivity contribution in [2.45, 2.75) is 20.3 Å². The van der Waals surface area contributed by atoms with Crippen molar-refractivity contribution < 1.29 is 14.6 Å². The number of carbonyl (C=O) groups is 1. The van der Waals surface area contributed by atoms with Crippen LogP contribution in [0.15, 0.2) is 29.2 Å². The first-order chi connectivity index (χ1) is 11.9. The van der Waals surface area contributed by atoms with Crippen LogP contribution in [0.5, 0.6) is 5.75 Å². The van der Waals surface area contributed by atoms with E-state index >= 15 is 0 Å². The summed E-state index contributed by atoms with van der Waals surface area (Å²) in [7, 11) is 3.14. The maximum absolute atomic E-state index is 12.4. The van der Waals surface area contributed by atoms with E-state index in [0.29, 0.717) is 17.7 Å². The zero-order chi connectivity index (χ0) is 18.3. The number of methoxy groups -OCH3 is 1. The third kappa shape index (κ3) is 2.50. The van der Waals surface area contributed by atoms with E-state index in [9.17, 15) is 14.7 Å². The van der Waals surface area contributed by atoms with Gasteiger partial charge in [0.1, 0.15) is 5.75 Å². The molecular formula is C19H20N2O4. The molecular weight excluding hydrogens is 320 g/mol. The third-order valence-corrected chi connectivity index (χ3v) is 4.64. The molecule has 0 radical (unpaired) electrons. The highest BCUT2D eigenvalue weighted by Crippen LogP contribution is 2.34. The Bertz CT molecular complexity index is 1040. The largest absolute Gasteiger partial charge is 0.506 e. The summed E-state index contributed by atoms with van der Waals surface area (Å²) in [6.07, 6.45) is 2.43. The number of hydrogen-bond donors (Lipinski definition) is 2. The highest BCUT2D eigenvalue weighted by molar-refractivity contribution is 5.94. The zero-order valence-corrected chi connectivity index (χ0v) is 14.6. The number of aromatic nitrogens is 2. The van der Waals surface area contributed by atoms with Crippen LogP contribution in [-0.4, -0.2) is 27.7 Å². The first-order valence-electron chi connectivity index (χ1n) is 8.02. The summed E-state index contributed by atoms with van der Waals surface area (Å²) in [6.45, 7) is 3.83. The van der Waals surface area contributed by atoms with Crippen LogP contribution < -0.4 is 5.56 Å². The van der Waals surface area contributed by atoms with Gasteiger partial charge in [-0.15, -0.1) is 0 Å². The first-order valence-corrected chi connectivity index (χ1v) is 8.02. The topological polar surface area (TPSA) is 84.3 Å². The van der Waals surface area contributed by atoms with E-state index in [4.69, 9.17) is 0 Å². The highest BCUT2D eigenvalue weighted by Gasteiger charge is 2.23. The predicted molar refractivity (Wildman–Crippen MR) is 96.1 cm³/mol. The number of H-pyrrole nitrogens is 1.